The quantitative estimate of drug-likeness (QED) is 0.799. The van der Waals surface area contributed by atoms with Crippen molar-refractivity contribution in [2.45, 2.75) is 13.5 Å². The molecule has 0 unspecified atom stereocenters. The molecule has 0 saturated heterocycles. The first kappa shape index (κ1) is 13.7. The Balaban J connectivity index is 2.12. The van der Waals surface area contributed by atoms with Crippen LogP contribution in [-0.2, 0) is 11.3 Å². The van der Waals surface area contributed by atoms with Gasteiger partial charge in [-0.3, -0.25) is 0 Å². The average molecular weight is 271 g/mol. The van der Waals surface area contributed by atoms with E-state index >= 15 is 0 Å². The number of benzene rings is 1. The average Bonchev–Trinajstić information content (AvgIpc) is 2.85. The number of para-hydroxylation sites is 1. The fraction of sp³-hybridized carbons (Fsp3) is 0.200. The van der Waals surface area contributed by atoms with E-state index in [0.29, 0.717) is 28.4 Å². The van der Waals surface area contributed by atoms with E-state index in [9.17, 15) is 4.79 Å². The number of carbonyl (C=O) groups is 1. The van der Waals surface area contributed by atoms with Gasteiger partial charge in [-0.2, -0.15) is 5.26 Å². The largest absolute Gasteiger partial charge is 0.484 e. The van der Waals surface area contributed by atoms with Gasteiger partial charge >= 0.3 is 5.97 Å². The maximum atomic E-state index is 11.5. The Labute approximate surface area is 116 Å². The number of carbonyl (C=O) groups excluding carboxylic acids is 1. The zero-order chi connectivity index (χ0) is 14.5. The third kappa shape index (κ3) is 2.81. The highest BCUT2D eigenvalue weighted by Gasteiger charge is 2.15. The summed E-state index contributed by atoms with van der Waals surface area (Å²) in [5.74, 6) is 0.998. The number of hydrogen-bond donors (Lipinski definition) is 0. The first-order valence-corrected chi connectivity index (χ1v) is 5.95. The number of esters is 1. The van der Waals surface area contributed by atoms with Crippen LogP contribution >= 0.6 is 0 Å². The summed E-state index contributed by atoms with van der Waals surface area (Å²) in [5.41, 5.74) is 0.823. The highest BCUT2D eigenvalue weighted by Crippen LogP contribution is 2.20. The van der Waals surface area contributed by atoms with E-state index < -0.39 is 5.97 Å². The SMILES string of the molecule is COC(=O)c1cc(COc2ccccc2C#N)oc1C. The molecule has 1 aromatic carbocycles. The lowest BCUT2D eigenvalue weighted by molar-refractivity contribution is 0.0599. The number of rotatable bonds is 4. The van der Waals surface area contributed by atoms with Crippen LogP contribution in [-0.4, -0.2) is 13.1 Å². The van der Waals surface area contributed by atoms with Crippen LogP contribution in [0, 0.1) is 18.3 Å². The highest BCUT2D eigenvalue weighted by molar-refractivity contribution is 5.90. The summed E-state index contributed by atoms with van der Waals surface area (Å²) in [6, 6.07) is 10.5. The molecule has 5 nitrogen and oxygen atoms in total. The number of furan rings is 1. The predicted octanol–water partition coefficient (Wildman–Crippen LogP) is 2.83. The van der Waals surface area contributed by atoms with Crippen LogP contribution in [0.1, 0.15) is 27.4 Å². The van der Waals surface area contributed by atoms with Crippen molar-refractivity contribution < 1.29 is 18.7 Å². The summed E-state index contributed by atoms with van der Waals surface area (Å²) in [5, 5.41) is 8.95. The Hall–Kier alpha value is -2.74. The Morgan fingerprint density at radius 2 is 2.15 bits per heavy atom. The molecule has 0 aliphatic heterocycles. The van der Waals surface area contributed by atoms with E-state index in [1.165, 1.54) is 7.11 Å². The Morgan fingerprint density at radius 3 is 2.85 bits per heavy atom. The number of methoxy groups -OCH3 is 1. The highest BCUT2D eigenvalue weighted by atomic mass is 16.5. The molecule has 0 atom stereocenters. The molecule has 1 aromatic heterocycles. The maximum Gasteiger partial charge on any atom is 0.341 e. The predicted molar refractivity (Wildman–Crippen MR) is 70.3 cm³/mol. The van der Waals surface area contributed by atoms with Gasteiger partial charge in [0.25, 0.3) is 0 Å². The van der Waals surface area contributed by atoms with Gasteiger partial charge in [-0.15, -0.1) is 0 Å². The van der Waals surface area contributed by atoms with Gasteiger partial charge in [0, 0.05) is 0 Å². The van der Waals surface area contributed by atoms with Gasteiger partial charge in [0.05, 0.1) is 12.7 Å². The topological polar surface area (TPSA) is 72.5 Å². The van der Waals surface area contributed by atoms with Crippen LogP contribution in [0.15, 0.2) is 34.7 Å². The minimum Gasteiger partial charge on any atom is -0.484 e. The standard InChI is InChI=1S/C15H13NO4/c1-10-13(15(17)18-2)7-12(20-10)9-19-14-6-4-3-5-11(14)8-16/h3-7H,9H2,1-2H3. The van der Waals surface area contributed by atoms with E-state index in [1.54, 1.807) is 37.3 Å². The van der Waals surface area contributed by atoms with Gasteiger partial charge in [-0.1, -0.05) is 12.1 Å². The minimum atomic E-state index is -0.449. The van der Waals surface area contributed by atoms with Crippen molar-refractivity contribution in [3.8, 4) is 11.8 Å². The van der Waals surface area contributed by atoms with Crippen molar-refractivity contribution in [1.82, 2.24) is 0 Å². The molecular formula is C15H13NO4. The summed E-state index contributed by atoms with van der Waals surface area (Å²) in [6.45, 7) is 1.81. The van der Waals surface area contributed by atoms with Crippen molar-refractivity contribution in [2.24, 2.45) is 0 Å². The molecule has 102 valence electrons. The Kier molecular flexibility index (Phi) is 4.06. The van der Waals surface area contributed by atoms with Gasteiger partial charge < -0.3 is 13.9 Å². The van der Waals surface area contributed by atoms with Crippen molar-refractivity contribution in [2.75, 3.05) is 7.11 Å². The van der Waals surface area contributed by atoms with E-state index in [-0.39, 0.29) is 6.61 Å². The molecule has 0 bridgehead atoms. The number of nitriles is 1. The molecule has 20 heavy (non-hydrogen) atoms. The molecule has 0 radical (unpaired) electrons. The second-order valence-electron chi connectivity index (χ2n) is 4.07. The number of aryl methyl sites for hydroxylation is 1. The Morgan fingerprint density at radius 1 is 1.40 bits per heavy atom. The third-order valence-corrected chi connectivity index (χ3v) is 2.75. The van der Waals surface area contributed by atoms with Gasteiger partial charge in [0.2, 0.25) is 0 Å². The molecule has 5 heteroatoms. The van der Waals surface area contributed by atoms with Crippen LogP contribution in [0.5, 0.6) is 5.75 Å². The van der Waals surface area contributed by atoms with Crippen LogP contribution in [0.4, 0.5) is 0 Å². The van der Waals surface area contributed by atoms with Crippen LogP contribution in [0.25, 0.3) is 0 Å². The first-order chi connectivity index (χ1) is 9.65. The fourth-order valence-electron chi connectivity index (χ4n) is 1.76. The second kappa shape index (κ2) is 5.93. The summed E-state index contributed by atoms with van der Waals surface area (Å²) in [7, 11) is 1.31. The second-order valence-corrected chi connectivity index (χ2v) is 4.07. The lowest BCUT2D eigenvalue weighted by Crippen LogP contribution is -2.01. The van der Waals surface area contributed by atoms with E-state index in [2.05, 4.69) is 4.74 Å². The number of ether oxygens (including phenoxy) is 2. The molecule has 0 saturated carbocycles. The molecule has 0 N–H and O–H groups in total. The van der Waals surface area contributed by atoms with E-state index in [1.807, 2.05) is 6.07 Å². The zero-order valence-electron chi connectivity index (χ0n) is 11.2. The normalized spacial score (nSPS) is 9.85. The van der Waals surface area contributed by atoms with Crippen molar-refractivity contribution in [3.63, 3.8) is 0 Å². The third-order valence-electron chi connectivity index (χ3n) is 2.75. The molecule has 1 heterocycles. The summed E-state index contributed by atoms with van der Waals surface area (Å²) in [4.78, 5) is 11.5. The first-order valence-electron chi connectivity index (χ1n) is 5.95. The van der Waals surface area contributed by atoms with Crippen LogP contribution in [0.3, 0.4) is 0 Å². The van der Waals surface area contributed by atoms with Crippen LogP contribution < -0.4 is 4.74 Å². The van der Waals surface area contributed by atoms with Gasteiger partial charge in [0.15, 0.2) is 0 Å². The summed E-state index contributed by atoms with van der Waals surface area (Å²) >= 11 is 0. The number of nitrogens with zero attached hydrogens (tertiary/aromatic N) is 1. The molecular weight excluding hydrogens is 258 g/mol. The fourth-order valence-corrected chi connectivity index (χ4v) is 1.76. The number of hydrogen-bond acceptors (Lipinski definition) is 5. The van der Waals surface area contributed by atoms with Crippen molar-refractivity contribution in [3.05, 3.63) is 53.0 Å². The lowest BCUT2D eigenvalue weighted by Gasteiger charge is -2.05. The zero-order valence-corrected chi connectivity index (χ0v) is 11.2. The minimum absolute atomic E-state index is 0.135. The lowest BCUT2D eigenvalue weighted by atomic mass is 10.2. The molecule has 0 spiro atoms. The van der Waals surface area contributed by atoms with Crippen LogP contribution in [0.2, 0.25) is 0 Å². The van der Waals surface area contributed by atoms with Gasteiger partial charge in [-0.25, -0.2) is 4.79 Å². The molecule has 0 fully saturated rings. The summed E-state index contributed by atoms with van der Waals surface area (Å²) < 4.78 is 15.6. The monoisotopic (exact) mass is 271 g/mol. The van der Waals surface area contributed by atoms with E-state index in [4.69, 9.17) is 14.4 Å². The smallest absolute Gasteiger partial charge is 0.341 e. The van der Waals surface area contributed by atoms with E-state index in [0.717, 1.165) is 0 Å². The molecule has 0 aliphatic rings. The molecule has 2 aromatic rings. The molecule has 0 amide bonds. The van der Waals surface area contributed by atoms with Gasteiger partial charge in [0.1, 0.15) is 35.5 Å². The summed E-state index contributed by atoms with van der Waals surface area (Å²) in [6.07, 6.45) is 0. The Bertz CT molecular complexity index is 667. The van der Waals surface area contributed by atoms with Crippen molar-refractivity contribution in [1.29, 1.82) is 5.26 Å². The molecule has 2 rings (SSSR count). The maximum absolute atomic E-state index is 11.5. The molecule has 0 aliphatic carbocycles. The van der Waals surface area contributed by atoms with Crippen molar-refractivity contribution >= 4 is 5.97 Å². The van der Waals surface area contributed by atoms with Gasteiger partial charge in [-0.05, 0) is 25.1 Å².